The third-order valence-electron chi connectivity index (χ3n) is 12.9. The van der Waals surface area contributed by atoms with Gasteiger partial charge in [0.2, 0.25) is 5.91 Å². The number of quaternary nitrogens is 1. The molecule has 412 valence electrons. The van der Waals surface area contributed by atoms with Crippen molar-refractivity contribution in [3.63, 3.8) is 0 Å². The number of aliphatic hydroxyl groups is 1. The molecule has 71 heavy (non-hydrogen) atoms. The van der Waals surface area contributed by atoms with Crippen molar-refractivity contribution in [3.05, 3.63) is 85.1 Å². The first-order valence-corrected chi connectivity index (χ1v) is 30.9. The number of allylic oxidation sites excluding steroid dienone is 14. The molecule has 0 bridgehead atoms. The number of likely N-dealkylation sites (N-methyl/N-ethyl adjacent to an activating group) is 1. The number of unbranched alkanes of at least 4 members (excludes halogenated alkanes) is 26. The van der Waals surface area contributed by atoms with Gasteiger partial charge in [0.25, 0.3) is 7.82 Å². The van der Waals surface area contributed by atoms with Gasteiger partial charge in [-0.3, -0.25) is 9.36 Å². The second-order valence-electron chi connectivity index (χ2n) is 21.0. The van der Waals surface area contributed by atoms with Crippen molar-refractivity contribution in [2.24, 2.45) is 0 Å². The summed E-state index contributed by atoms with van der Waals surface area (Å²) in [4.78, 5) is 25.6. The minimum Gasteiger partial charge on any atom is -0.756 e. The van der Waals surface area contributed by atoms with E-state index in [1.165, 1.54) is 128 Å². The van der Waals surface area contributed by atoms with Gasteiger partial charge in [-0.1, -0.05) is 259 Å². The number of nitrogens with zero attached hydrogens (tertiary/aromatic N) is 1. The van der Waals surface area contributed by atoms with Crippen molar-refractivity contribution in [2.75, 3.05) is 40.9 Å². The molecule has 3 unspecified atom stereocenters. The highest BCUT2D eigenvalue weighted by Crippen LogP contribution is 2.38. The smallest absolute Gasteiger partial charge is 0.268 e. The number of hydrogen-bond donors (Lipinski definition) is 2. The first-order chi connectivity index (χ1) is 34.5. The zero-order valence-corrected chi connectivity index (χ0v) is 47.8. The number of phosphoric acid groups is 1. The Hall–Kier alpha value is -2.32. The molecule has 0 heterocycles. The van der Waals surface area contributed by atoms with Gasteiger partial charge in [0.15, 0.2) is 0 Å². The van der Waals surface area contributed by atoms with Crippen LogP contribution in [0, 0.1) is 0 Å². The summed E-state index contributed by atoms with van der Waals surface area (Å²) in [5.41, 5.74) is 0. The molecule has 0 saturated heterocycles. The summed E-state index contributed by atoms with van der Waals surface area (Å²) < 4.78 is 23.4. The van der Waals surface area contributed by atoms with Crippen molar-refractivity contribution < 1.29 is 32.9 Å². The third kappa shape index (κ3) is 55.3. The van der Waals surface area contributed by atoms with E-state index < -0.39 is 20.0 Å². The Morgan fingerprint density at radius 1 is 0.507 bits per heavy atom. The van der Waals surface area contributed by atoms with E-state index in [2.05, 4.69) is 104 Å². The number of nitrogens with one attached hydrogen (secondary N) is 1. The molecule has 0 saturated carbocycles. The van der Waals surface area contributed by atoms with Gasteiger partial charge in [0, 0.05) is 6.42 Å². The summed E-state index contributed by atoms with van der Waals surface area (Å²) in [5, 5.41) is 14.0. The van der Waals surface area contributed by atoms with Gasteiger partial charge < -0.3 is 28.8 Å². The largest absolute Gasteiger partial charge is 0.756 e. The Kier molecular flexibility index (Phi) is 50.8. The van der Waals surface area contributed by atoms with Crippen LogP contribution in [0.25, 0.3) is 0 Å². The topological polar surface area (TPSA) is 108 Å². The summed E-state index contributed by atoms with van der Waals surface area (Å²) in [6.07, 6.45) is 73.2. The monoisotopic (exact) mass is 1010 g/mol. The van der Waals surface area contributed by atoms with Gasteiger partial charge in [0.05, 0.1) is 39.9 Å². The highest BCUT2D eigenvalue weighted by molar-refractivity contribution is 7.45. The minimum absolute atomic E-state index is 0.00599. The molecule has 0 aliphatic rings. The van der Waals surface area contributed by atoms with Gasteiger partial charge in [-0.2, -0.15) is 0 Å². The average Bonchev–Trinajstić information content (AvgIpc) is 3.33. The third-order valence-corrected chi connectivity index (χ3v) is 13.9. The Labute approximate surface area is 439 Å². The summed E-state index contributed by atoms with van der Waals surface area (Å²) >= 11 is 0. The van der Waals surface area contributed by atoms with Crippen molar-refractivity contribution >= 4 is 13.7 Å². The molecule has 0 aromatic heterocycles. The van der Waals surface area contributed by atoms with Gasteiger partial charge in [0.1, 0.15) is 13.2 Å². The molecule has 8 nitrogen and oxygen atoms in total. The van der Waals surface area contributed by atoms with Crippen LogP contribution in [-0.2, 0) is 18.4 Å². The Morgan fingerprint density at radius 3 is 1.25 bits per heavy atom. The molecule has 0 aliphatic carbocycles. The number of carbonyl (C=O) groups is 1. The molecule has 0 spiro atoms. The summed E-state index contributed by atoms with van der Waals surface area (Å²) in [7, 11) is 1.29. The molecular formula is C62H113N2O6P. The van der Waals surface area contributed by atoms with Crippen LogP contribution >= 0.6 is 7.82 Å². The fourth-order valence-electron chi connectivity index (χ4n) is 8.32. The lowest BCUT2D eigenvalue weighted by molar-refractivity contribution is -0.870. The highest BCUT2D eigenvalue weighted by Gasteiger charge is 2.24. The number of amides is 1. The Balaban J connectivity index is 4.22. The number of hydrogen-bond acceptors (Lipinski definition) is 6. The second kappa shape index (κ2) is 52.5. The second-order valence-corrected chi connectivity index (χ2v) is 22.4. The number of phosphoric ester groups is 1. The van der Waals surface area contributed by atoms with Crippen LogP contribution < -0.4 is 10.2 Å². The van der Waals surface area contributed by atoms with Crippen molar-refractivity contribution in [1.82, 2.24) is 5.32 Å². The molecule has 9 heteroatoms. The Bertz CT molecular complexity index is 1430. The molecule has 0 aliphatic heterocycles. The van der Waals surface area contributed by atoms with E-state index in [1.54, 1.807) is 0 Å². The molecule has 0 rings (SSSR count). The zero-order chi connectivity index (χ0) is 52.0. The van der Waals surface area contributed by atoms with Gasteiger partial charge in [-0.05, 0) is 70.6 Å². The van der Waals surface area contributed by atoms with Crippen LogP contribution in [0.4, 0.5) is 0 Å². The van der Waals surface area contributed by atoms with Crippen molar-refractivity contribution in [1.29, 1.82) is 0 Å². The molecule has 0 aromatic carbocycles. The van der Waals surface area contributed by atoms with Crippen molar-refractivity contribution in [3.8, 4) is 0 Å². The van der Waals surface area contributed by atoms with Crippen LogP contribution in [0.2, 0.25) is 0 Å². The molecule has 3 atom stereocenters. The lowest BCUT2D eigenvalue weighted by Gasteiger charge is -2.30. The van der Waals surface area contributed by atoms with E-state index >= 15 is 0 Å². The maximum atomic E-state index is 13.0. The average molecular weight is 1010 g/mol. The maximum absolute atomic E-state index is 13.0. The van der Waals surface area contributed by atoms with E-state index in [1.807, 2.05) is 21.1 Å². The van der Waals surface area contributed by atoms with Crippen LogP contribution in [0.3, 0.4) is 0 Å². The summed E-state index contributed by atoms with van der Waals surface area (Å²) in [5.74, 6) is -0.177. The van der Waals surface area contributed by atoms with Crippen LogP contribution in [0.1, 0.15) is 251 Å². The van der Waals surface area contributed by atoms with E-state index in [-0.39, 0.29) is 19.1 Å². The first-order valence-electron chi connectivity index (χ1n) is 29.4. The SMILES string of the molecule is CC/C=C\C/C=C\C/C=C\C/C=C\C/C=C\C/C=C\C/C=C\CCCCCCCCCC(=O)NC(COP(=O)([O-])OCC[N+](C)(C)C)C(O)CCCCCCCCCCCCCCCCCCCCCC. The fraction of sp³-hybridized carbons (Fsp3) is 0.758. The number of aliphatic hydroxyl groups excluding tert-OH is 1. The van der Waals surface area contributed by atoms with E-state index in [9.17, 15) is 19.4 Å². The van der Waals surface area contributed by atoms with Crippen LogP contribution in [0.15, 0.2) is 85.1 Å². The van der Waals surface area contributed by atoms with Crippen LogP contribution in [0.5, 0.6) is 0 Å². The van der Waals surface area contributed by atoms with E-state index in [0.717, 1.165) is 96.3 Å². The van der Waals surface area contributed by atoms with Crippen molar-refractivity contribution in [2.45, 2.75) is 264 Å². The Morgan fingerprint density at radius 2 is 0.859 bits per heavy atom. The van der Waals surface area contributed by atoms with E-state index in [0.29, 0.717) is 23.9 Å². The molecule has 0 fully saturated rings. The highest BCUT2D eigenvalue weighted by atomic mass is 31.2. The zero-order valence-electron chi connectivity index (χ0n) is 46.9. The predicted octanol–water partition coefficient (Wildman–Crippen LogP) is 17.4. The normalized spacial score (nSPS) is 14.5. The summed E-state index contributed by atoms with van der Waals surface area (Å²) in [6.45, 7) is 4.61. The number of rotatable bonds is 53. The van der Waals surface area contributed by atoms with Gasteiger partial charge in [-0.25, -0.2) is 0 Å². The molecule has 0 radical (unpaired) electrons. The fourth-order valence-corrected chi connectivity index (χ4v) is 9.04. The first kappa shape index (κ1) is 68.7. The molecule has 1 amide bonds. The number of carbonyl (C=O) groups excluding carboxylic acids is 1. The van der Waals surface area contributed by atoms with Crippen LogP contribution in [-0.4, -0.2) is 68.5 Å². The quantitative estimate of drug-likeness (QED) is 0.0272. The van der Waals surface area contributed by atoms with E-state index in [4.69, 9.17) is 9.05 Å². The molecule has 2 N–H and O–H groups in total. The van der Waals surface area contributed by atoms with Gasteiger partial charge in [-0.15, -0.1) is 0 Å². The molecule has 0 aromatic rings. The predicted molar refractivity (Wildman–Crippen MR) is 307 cm³/mol. The lowest BCUT2D eigenvalue weighted by atomic mass is 10.0. The minimum atomic E-state index is -4.58. The summed E-state index contributed by atoms with van der Waals surface area (Å²) in [6, 6.07) is -0.813. The lowest BCUT2D eigenvalue weighted by Crippen LogP contribution is -2.46. The molecular weight excluding hydrogens is 900 g/mol. The van der Waals surface area contributed by atoms with Gasteiger partial charge >= 0.3 is 0 Å². The standard InChI is InChI=1S/C62H113N2O6P/c1-6-8-10-12-14-16-18-20-22-24-26-28-29-30-31-32-33-34-35-36-38-40-42-44-46-48-50-52-54-56-62(66)63-60(59-70-71(67,68)69-58-57-64(3,4)5)61(65)55-53-51-49-47-45-43-41-39-37-27-25-23-21-19-17-15-13-11-9-7-2/h8,10,14,16,20,22,26,28,30-31,33-34,36,38,60-61,65H,6-7,9,11-13,15,17-19,21,23-25,27,29,32,35,37,39-59H2,1-5H3,(H-,63,66,67,68)/b10-8-,16-14-,22-20-,28-26-,31-30-,34-33-,38-36-. The maximum Gasteiger partial charge on any atom is 0.268 e.